The molecule has 1 saturated heterocycles. The van der Waals surface area contributed by atoms with Crippen LogP contribution in [-0.2, 0) is 11.3 Å². The average Bonchev–Trinajstić information content (AvgIpc) is 3.17. The number of ether oxygens (including phenoxy) is 1. The number of piperidine rings is 1. The van der Waals surface area contributed by atoms with Crippen LogP contribution in [0.4, 0.5) is 0 Å². The fourth-order valence-electron chi connectivity index (χ4n) is 4.13. The van der Waals surface area contributed by atoms with Crippen LogP contribution < -0.4 is 0 Å². The van der Waals surface area contributed by atoms with Crippen molar-refractivity contribution in [3.63, 3.8) is 0 Å². The average molecular weight is 418 g/mol. The van der Waals surface area contributed by atoms with Gasteiger partial charge in [0.05, 0.1) is 23.8 Å². The summed E-state index contributed by atoms with van der Waals surface area (Å²) in [6, 6.07) is 20.1. The van der Waals surface area contributed by atoms with Crippen LogP contribution in [0.3, 0.4) is 0 Å². The maximum Gasteiger partial charge on any atom is 0.257 e. The van der Waals surface area contributed by atoms with E-state index in [1.54, 1.807) is 0 Å². The van der Waals surface area contributed by atoms with Crippen LogP contribution in [0.25, 0.3) is 11.3 Å². The lowest BCUT2D eigenvalue weighted by Crippen LogP contribution is -2.45. The van der Waals surface area contributed by atoms with Crippen molar-refractivity contribution in [3.8, 4) is 11.3 Å². The Labute approximate surface area is 184 Å². The van der Waals surface area contributed by atoms with Gasteiger partial charge in [0.25, 0.3) is 5.91 Å². The predicted octanol–water partition coefficient (Wildman–Crippen LogP) is 5.02. The number of hydrogen-bond acceptors (Lipinski definition) is 3. The highest BCUT2D eigenvalue weighted by Crippen LogP contribution is 2.26. The summed E-state index contributed by atoms with van der Waals surface area (Å²) in [6.45, 7) is 8.19. The second-order valence-electron chi connectivity index (χ2n) is 9.19. The van der Waals surface area contributed by atoms with Gasteiger partial charge in [-0.2, -0.15) is 5.10 Å². The van der Waals surface area contributed by atoms with Gasteiger partial charge in [-0.1, -0.05) is 60.7 Å². The number of aromatic nitrogens is 2. The lowest BCUT2D eigenvalue weighted by atomic mass is 10.0. The van der Waals surface area contributed by atoms with Crippen molar-refractivity contribution in [2.75, 3.05) is 13.1 Å². The number of benzene rings is 2. The molecule has 0 N–H and O–H groups in total. The minimum absolute atomic E-state index is 0.0281. The van der Waals surface area contributed by atoms with Crippen LogP contribution in [0.2, 0.25) is 0 Å². The molecule has 1 atom stereocenters. The normalized spacial score (nSPS) is 17.0. The molecule has 3 aromatic rings. The first kappa shape index (κ1) is 21.3. The Morgan fingerprint density at radius 3 is 2.42 bits per heavy atom. The highest BCUT2D eigenvalue weighted by atomic mass is 16.5. The summed E-state index contributed by atoms with van der Waals surface area (Å²) in [5, 5.41) is 4.81. The first-order valence-corrected chi connectivity index (χ1v) is 11.0. The van der Waals surface area contributed by atoms with Crippen molar-refractivity contribution < 1.29 is 9.53 Å². The maximum absolute atomic E-state index is 13.6. The minimum atomic E-state index is -0.216. The van der Waals surface area contributed by atoms with Crippen LogP contribution >= 0.6 is 0 Å². The number of rotatable bonds is 5. The number of nitrogens with zero attached hydrogens (tertiary/aromatic N) is 3. The van der Waals surface area contributed by atoms with E-state index in [0.29, 0.717) is 18.7 Å². The third kappa shape index (κ3) is 5.42. The van der Waals surface area contributed by atoms with Crippen molar-refractivity contribution in [1.29, 1.82) is 0 Å². The van der Waals surface area contributed by atoms with E-state index in [4.69, 9.17) is 9.84 Å². The molecule has 5 nitrogen and oxygen atoms in total. The molecular formula is C26H31N3O2. The van der Waals surface area contributed by atoms with E-state index in [0.717, 1.165) is 36.2 Å². The smallest absolute Gasteiger partial charge is 0.257 e. The van der Waals surface area contributed by atoms with Gasteiger partial charge in [0.1, 0.15) is 5.69 Å². The van der Waals surface area contributed by atoms with E-state index in [-0.39, 0.29) is 17.6 Å². The summed E-state index contributed by atoms with van der Waals surface area (Å²) in [6.07, 6.45) is 3.90. The molecule has 2 aromatic carbocycles. The number of carbonyl (C=O) groups is 1. The van der Waals surface area contributed by atoms with Gasteiger partial charge in [0.15, 0.2) is 0 Å². The van der Waals surface area contributed by atoms with Crippen molar-refractivity contribution >= 4 is 5.91 Å². The molecule has 1 amide bonds. The van der Waals surface area contributed by atoms with Crippen LogP contribution in [-0.4, -0.2) is 45.4 Å². The van der Waals surface area contributed by atoms with Gasteiger partial charge in [-0.3, -0.25) is 9.48 Å². The summed E-state index contributed by atoms with van der Waals surface area (Å²) < 4.78 is 8.05. The van der Waals surface area contributed by atoms with Gasteiger partial charge in [-0.25, -0.2) is 0 Å². The molecule has 0 spiro atoms. The molecular weight excluding hydrogens is 386 g/mol. The summed E-state index contributed by atoms with van der Waals surface area (Å²) in [4.78, 5) is 15.5. The zero-order valence-electron chi connectivity index (χ0n) is 18.6. The summed E-state index contributed by atoms with van der Waals surface area (Å²) in [5.41, 5.74) is 3.28. The Bertz CT molecular complexity index is 1010. The number of carbonyl (C=O) groups excluding carboxylic acids is 1. The van der Waals surface area contributed by atoms with Crippen LogP contribution in [0.15, 0.2) is 66.9 Å². The Balaban J connectivity index is 1.62. The fraction of sp³-hybridized carbons (Fsp3) is 0.385. The van der Waals surface area contributed by atoms with Crippen molar-refractivity contribution in [3.05, 3.63) is 78.0 Å². The maximum atomic E-state index is 13.6. The lowest BCUT2D eigenvalue weighted by molar-refractivity contribution is -0.0819. The fourth-order valence-corrected chi connectivity index (χ4v) is 4.13. The molecule has 4 rings (SSSR count). The molecule has 1 aromatic heterocycles. The summed E-state index contributed by atoms with van der Waals surface area (Å²) >= 11 is 0. The molecule has 0 unspecified atom stereocenters. The Morgan fingerprint density at radius 2 is 1.74 bits per heavy atom. The van der Waals surface area contributed by atoms with Gasteiger partial charge in [0.2, 0.25) is 0 Å². The third-order valence-electron chi connectivity index (χ3n) is 5.41. The van der Waals surface area contributed by atoms with Crippen LogP contribution in [0.1, 0.15) is 49.5 Å². The Kier molecular flexibility index (Phi) is 6.23. The zero-order chi connectivity index (χ0) is 21.8. The first-order valence-electron chi connectivity index (χ1n) is 11.0. The monoisotopic (exact) mass is 417 g/mol. The number of likely N-dealkylation sites (tertiary alicyclic amines) is 1. The van der Waals surface area contributed by atoms with Gasteiger partial charge < -0.3 is 9.64 Å². The van der Waals surface area contributed by atoms with Crippen LogP contribution in [0, 0.1) is 0 Å². The molecule has 2 heterocycles. The second kappa shape index (κ2) is 9.06. The zero-order valence-corrected chi connectivity index (χ0v) is 18.6. The van der Waals surface area contributed by atoms with E-state index in [1.165, 1.54) is 0 Å². The molecule has 1 fully saturated rings. The number of amides is 1. The minimum Gasteiger partial charge on any atom is -0.371 e. The SMILES string of the molecule is CC(C)(C)O[C@H]1CCCN(C(=O)c2cn(Cc3ccccc3)nc2-c2ccccc2)C1. The summed E-state index contributed by atoms with van der Waals surface area (Å²) in [7, 11) is 0. The Hall–Kier alpha value is -2.92. The third-order valence-corrected chi connectivity index (χ3v) is 5.41. The molecule has 0 bridgehead atoms. The van der Waals surface area contributed by atoms with Crippen molar-refractivity contribution in [2.45, 2.75) is 51.9 Å². The standard InChI is InChI=1S/C26H31N3O2/c1-26(2,3)31-22-15-10-16-28(18-22)25(30)23-19-29(17-20-11-6-4-7-12-20)27-24(23)21-13-8-5-9-14-21/h4-9,11-14,19,22H,10,15-18H2,1-3H3/t22-/m0/s1. The van der Waals surface area contributed by atoms with E-state index in [1.807, 2.05) is 64.3 Å². The van der Waals surface area contributed by atoms with Gasteiger partial charge in [-0.05, 0) is 39.2 Å². The van der Waals surface area contributed by atoms with Gasteiger partial charge >= 0.3 is 0 Å². The molecule has 5 heteroatoms. The highest BCUT2D eigenvalue weighted by molar-refractivity contribution is 5.99. The van der Waals surface area contributed by atoms with Crippen molar-refractivity contribution in [2.24, 2.45) is 0 Å². The first-order chi connectivity index (χ1) is 14.9. The largest absolute Gasteiger partial charge is 0.371 e. The quantitative estimate of drug-likeness (QED) is 0.586. The topological polar surface area (TPSA) is 47.4 Å². The summed E-state index contributed by atoms with van der Waals surface area (Å²) in [5.74, 6) is 0.0281. The highest BCUT2D eigenvalue weighted by Gasteiger charge is 2.30. The number of hydrogen-bond donors (Lipinski definition) is 0. The van der Waals surface area contributed by atoms with E-state index < -0.39 is 0 Å². The predicted molar refractivity (Wildman–Crippen MR) is 123 cm³/mol. The molecule has 0 saturated carbocycles. The molecule has 162 valence electrons. The second-order valence-corrected chi connectivity index (χ2v) is 9.19. The van der Waals surface area contributed by atoms with Gasteiger partial charge in [0, 0.05) is 24.8 Å². The van der Waals surface area contributed by atoms with Gasteiger partial charge in [-0.15, -0.1) is 0 Å². The van der Waals surface area contributed by atoms with E-state index >= 15 is 0 Å². The molecule has 31 heavy (non-hydrogen) atoms. The molecule has 0 radical (unpaired) electrons. The molecule has 1 aliphatic rings. The van der Waals surface area contributed by atoms with E-state index in [9.17, 15) is 4.79 Å². The Morgan fingerprint density at radius 1 is 1.06 bits per heavy atom. The lowest BCUT2D eigenvalue weighted by Gasteiger charge is -2.36. The van der Waals surface area contributed by atoms with Crippen LogP contribution in [0.5, 0.6) is 0 Å². The molecule has 0 aliphatic carbocycles. The molecule has 1 aliphatic heterocycles. The van der Waals surface area contributed by atoms with E-state index in [2.05, 4.69) is 32.9 Å². The van der Waals surface area contributed by atoms with Crippen molar-refractivity contribution in [1.82, 2.24) is 14.7 Å².